The SMILES string of the molecule is CCCCC(F)CCN1CC[C@@H]2[C@H](C1)[C@@H](CCCC(F)CC)CN2C(=O)c1ccccc1. The van der Waals surface area contributed by atoms with E-state index in [0.717, 1.165) is 63.8 Å². The molecule has 1 amide bonds. The van der Waals surface area contributed by atoms with Crippen LogP contribution < -0.4 is 0 Å². The maximum atomic E-state index is 14.2. The molecule has 3 rings (SSSR count). The Morgan fingerprint density at radius 2 is 1.78 bits per heavy atom. The first-order chi connectivity index (χ1) is 15.5. The Labute approximate surface area is 193 Å². The van der Waals surface area contributed by atoms with Crippen molar-refractivity contribution in [3.8, 4) is 0 Å². The lowest BCUT2D eigenvalue weighted by Gasteiger charge is -2.39. The van der Waals surface area contributed by atoms with Gasteiger partial charge in [0.2, 0.25) is 0 Å². The summed E-state index contributed by atoms with van der Waals surface area (Å²) >= 11 is 0. The van der Waals surface area contributed by atoms with Crippen molar-refractivity contribution in [1.82, 2.24) is 9.80 Å². The quantitative estimate of drug-likeness (QED) is 0.375. The number of rotatable bonds is 12. The van der Waals surface area contributed by atoms with Gasteiger partial charge in [-0.3, -0.25) is 4.79 Å². The number of nitrogens with zero attached hydrogens (tertiary/aromatic N) is 2. The molecule has 0 spiro atoms. The van der Waals surface area contributed by atoms with Gasteiger partial charge in [-0.15, -0.1) is 0 Å². The summed E-state index contributed by atoms with van der Waals surface area (Å²) in [6, 6.07) is 9.80. The lowest BCUT2D eigenvalue weighted by molar-refractivity contribution is 0.0606. The molecule has 2 aliphatic rings. The van der Waals surface area contributed by atoms with Crippen LogP contribution in [0.1, 0.15) is 82.0 Å². The number of unbranched alkanes of at least 4 members (excludes halogenated alkanes) is 1. The molecule has 32 heavy (non-hydrogen) atoms. The Morgan fingerprint density at radius 3 is 2.50 bits per heavy atom. The van der Waals surface area contributed by atoms with Crippen molar-refractivity contribution in [3.05, 3.63) is 35.9 Å². The number of hydrogen-bond donors (Lipinski definition) is 0. The molecule has 2 fully saturated rings. The molecule has 5 heteroatoms. The Balaban J connectivity index is 1.63. The average Bonchev–Trinajstić information content (AvgIpc) is 3.19. The smallest absolute Gasteiger partial charge is 0.254 e. The fourth-order valence-electron chi connectivity index (χ4n) is 5.60. The minimum atomic E-state index is -0.721. The van der Waals surface area contributed by atoms with Crippen LogP contribution in [0, 0.1) is 11.8 Å². The van der Waals surface area contributed by atoms with E-state index >= 15 is 0 Å². The van der Waals surface area contributed by atoms with Crippen LogP contribution in [0.15, 0.2) is 30.3 Å². The lowest BCUT2D eigenvalue weighted by Crippen LogP contribution is -2.48. The highest BCUT2D eigenvalue weighted by molar-refractivity contribution is 5.94. The van der Waals surface area contributed by atoms with Gasteiger partial charge < -0.3 is 9.80 Å². The molecule has 0 bridgehead atoms. The average molecular weight is 449 g/mol. The third kappa shape index (κ3) is 6.76. The normalized spacial score (nSPS) is 25.5. The summed E-state index contributed by atoms with van der Waals surface area (Å²) in [4.78, 5) is 17.8. The first-order valence-corrected chi connectivity index (χ1v) is 12.9. The zero-order chi connectivity index (χ0) is 22.9. The molecule has 5 atom stereocenters. The van der Waals surface area contributed by atoms with Gasteiger partial charge >= 0.3 is 0 Å². The molecule has 0 aliphatic carbocycles. The fourth-order valence-corrected chi connectivity index (χ4v) is 5.60. The molecule has 1 aromatic rings. The van der Waals surface area contributed by atoms with Crippen LogP contribution in [0.2, 0.25) is 0 Å². The number of halogens is 2. The van der Waals surface area contributed by atoms with E-state index in [1.54, 1.807) is 0 Å². The van der Waals surface area contributed by atoms with Crippen LogP contribution >= 0.6 is 0 Å². The molecule has 1 aromatic carbocycles. The number of carbonyl (C=O) groups excluding carboxylic acids is 1. The maximum Gasteiger partial charge on any atom is 0.254 e. The van der Waals surface area contributed by atoms with Crippen molar-refractivity contribution in [2.45, 2.75) is 90.0 Å². The van der Waals surface area contributed by atoms with Crippen molar-refractivity contribution < 1.29 is 13.6 Å². The number of likely N-dealkylation sites (tertiary alicyclic amines) is 2. The second kappa shape index (κ2) is 12.7. The molecular formula is C27H42F2N2O. The predicted molar refractivity (Wildman–Crippen MR) is 127 cm³/mol. The van der Waals surface area contributed by atoms with Crippen LogP contribution in [0.25, 0.3) is 0 Å². The van der Waals surface area contributed by atoms with E-state index in [2.05, 4.69) is 16.7 Å². The van der Waals surface area contributed by atoms with Gasteiger partial charge in [-0.05, 0) is 62.5 Å². The first kappa shape index (κ1) is 25.1. The summed E-state index contributed by atoms with van der Waals surface area (Å²) in [5.41, 5.74) is 0.750. The van der Waals surface area contributed by atoms with Crippen LogP contribution in [0.5, 0.6) is 0 Å². The van der Waals surface area contributed by atoms with Crippen molar-refractivity contribution in [2.75, 3.05) is 26.2 Å². The van der Waals surface area contributed by atoms with Gasteiger partial charge in [-0.2, -0.15) is 0 Å². The molecule has 2 aliphatic heterocycles. The Kier molecular flexibility index (Phi) is 9.95. The zero-order valence-electron chi connectivity index (χ0n) is 20.0. The Bertz CT molecular complexity index is 685. The van der Waals surface area contributed by atoms with Crippen molar-refractivity contribution in [3.63, 3.8) is 0 Å². The number of fused-ring (bicyclic) bond motifs is 1. The van der Waals surface area contributed by atoms with Crippen molar-refractivity contribution in [2.24, 2.45) is 11.8 Å². The van der Waals surface area contributed by atoms with Gasteiger partial charge in [0.1, 0.15) is 6.17 Å². The van der Waals surface area contributed by atoms with Gasteiger partial charge in [0, 0.05) is 37.8 Å². The van der Waals surface area contributed by atoms with Gasteiger partial charge in [0.15, 0.2) is 0 Å². The number of alkyl halides is 2. The number of piperidine rings is 1. The molecular weight excluding hydrogens is 406 g/mol. The van der Waals surface area contributed by atoms with E-state index in [9.17, 15) is 13.6 Å². The Morgan fingerprint density at radius 1 is 1.03 bits per heavy atom. The van der Waals surface area contributed by atoms with E-state index in [4.69, 9.17) is 0 Å². The molecule has 180 valence electrons. The number of carbonyl (C=O) groups is 1. The highest BCUT2D eigenvalue weighted by atomic mass is 19.1. The maximum absolute atomic E-state index is 14.2. The van der Waals surface area contributed by atoms with Gasteiger partial charge in [-0.25, -0.2) is 8.78 Å². The van der Waals surface area contributed by atoms with Crippen molar-refractivity contribution >= 4 is 5.91 Å². The van der Waals surface area contributed by atoms with Crippen molar-refractivity contribution in [1.29, 1.82) is 0 Å². The minimum Gasteiger partial charge on any atom is -0.335 e. The molecule has 0 radical (unpaired) electrons. The standard InChI is InChI=1S/C27H42F2N2O/c1-3-5-13-24(29)15-17-30-18-16-26-25(20-30)22(12-9-14-23(28)4-2)19-31(26)27(32)21-10-7-6-8-11-21/h6-8,10-11,22-26H,3-5,9,12-20H2,1-2H3/t22-,23?,24?,25+,26+/m0/s1. The highest BCUT2D eigenvalue weighted by Crippen LogP contribution is 2.39. The van der Waals surface area contributed by atoms with Gasteiger partial charge in [0.25, 0.3) is 5.91 Å². The number of amides is 1. The topological polar surface area (TPSA) is 23.6 Å². The molecule has 2 unspecified atom stereocenters. The van der Waals surface area contributed by atoms with Crippen LogP contribution in [-0.2, 0) is 0 Å². The minimum absolute atomic E-state index is 0.122. The predicted octanol–water partition coefficient (Wildman–Crippen LogP) is 6.29. The van der Waals surface area contributed by atoms with Gasteiger partial charge in [0.05, 0.1) is 6.17 Å². The Hall–Kier alpha value is -1.49. The van der Waals surface area contributed by atoms with E-state index in [1.807, 2.05) is 37.3 Å². The van der Waals surface area contributed by atoms with Crippen LogP contribution in [0.4, 0.5) is 8.78 Å². The fraction of sp³-hybridized carbons (Fsp3) is 0.741. The van der Waals surface area contributed by atoms with Crippen LogP contribution in [0.3, 0.4) is 0 Å². The molecule has 3 nitrogen and oxygen atoms in total. The summed E-state index contributed by atoms with van der Waals surface area (Å²) in [7, 11) is 0. The molecule has 2 saturated heterocycles. The number of benzene rings is 1. The highest BCUT2D eigenvalue weighted by Gasteiger charge is 2.46. The molecule has 0 aromatic heterocycles. The lowest BCUT2D eigenvalue weighted by atomic mass is 9.82. The molecule has 0 saturated carbocycles. The van der Waals surface area contributed by atoms with E-state index in [0.29, 0.717) is 37.5 Å². The summed E-state index contributed by atoms with van der Waals surface area (Å²) in [5.74, 6) is 0.933. The summed E-state index contributed by atoms with van der Waals surface area (Å²) in [6.45, 7) is 7.43. The van der Waals surface area contributed by atoms with Gasteiger partial charge in [-0.1, -0.05) is 51.3 Å². The molecule has 2 heterocycles. The second-order valence-corrected chi connectivity index (χ2v) is 9.87. The third-order valence-electron chi connectivity index (χ3n) is 7.59. The van der Waals surface area contributed by atoms with E-state index < -0.39 is 12.3 Å². The monoisotopic (exact) mass is 448 g/mol. The largest absolute Gasteiger partial charge is 0.335 e. The molecule has 0 N–H and O–H groups in total. The van der Waals surface area contributed by atoms with Crippen LogP contribution in [-0.4, -0.2) is 60.3 Å². The first-order valence-electron chi connectivity index (χ1n) is 12.9. The summed E-state index contributed by atoms with van der Waals surface area (Å²) < 4.78 is 28.0. The third-order valence-corrected chi connectivity index (χ3v) is 7.59. The summed E-state index contributed by atoms with van der Waals surface area (Å²) in [5, 5.41) is 0. The summed E-state index contributed by atoms with van der Waals surface area (Å²) in [6.07, 6.45) is 5.82. The second-order valence-electron chi connectivity index (χ2n) is 9.87. The van der Waals surface area contributed by atoms with E-state index in [1.165, 1.54) is 0 Å². The van der Waals surface area contributed by atoms with E-state index in [-0.39, 0.29) is 11.9 Å². The zero-order valence-corrected chi connectivity index (χ0v) is 20.0. The number of hydrogen-bond acceptors (Lipinski definition) is 2.